The van der Waals surface area contributed by atoms with Crippen LogP contribution in [0.25, 0.3) is 0 Å². The first-order valence-electron chi connectivity index (χ1n) is 8.87. The third kappa shape index (κ3) is 5.68. The Hall–Kier alpha value is -0.700. The summed E-state index contributed by atoms with van der Waals surface area (Å²) in [5, 5.41) is 0. The molecule has 140 valence electrons. The van der Waals surface area contributed by atoms with Crippen LogP contribution in [-0.4, -0.2) is 93.7 Å². The van der Waals surface area contributed by atoms with Crippen LogP contribution in [0.15, 0.2) is 0 Å². The number of piperidine rings is 1. The monoisotopic (exact) mass is 361 g/mol. The van der Waals surface area contributed by atoms with Crippen LogP contribution >= 0.6 is 0 Å². The van der Waals surface area contributed by atoms with E-state index in [1.54, 1.807) is 9.21 Å². The Kier molecular flexibility index (Phi) is 7.46. The largest absolute Gasteiger partial charge is 0.375 e. The van der Waals surface area contributed by atoms with Crippen molar-refractivity contribution in [3.8, 4) is 0 Å². The van der Waals surface area contributed by atoms with Gasteiger partial charge in [-0.05, 0) is 51.7 Å². The molecule has 2 saturated heterocycles. The minimum atomic E-state index is -3.28. The lowest BCUT2D eigenvalue weighted by Crippen LogP contribution is -2.52. The molecule has 8 heteroatoms. The summed E-state index contributed by atoms with van der Waals surface area (Å²) >= 11 is 0. The molecule has 0 aromatic carbocycles. The normalized spacial score (nSPS) is 23.1. The highest BCUT2D eigenvalue weighted by Gasteiger charge is 2.32. The molecule has 2 aliphatic heterocycles. The lowest BCUT2D eigenvalue weighted by atomic mass is 10.1. The zero-order valence-corrected chi connectivity index (χ0v) is 15.8. The number of amides is 1. The molecule has 0 bridgehead atoms. The van der Waals surface area contributed by atoms with Crippen LogP contribution in [0.5, 0.6) is 0 Å². The molecule has 2 rings (SSSR count). The topological polar surface area (TPSA) is 70.2 Å². The average molecular weight is 362 g/mol. The van der Waals surface area contributed by atoms with Gasteiger partial charge in [-0.3, -0.25) is 4.79 Å². The van der Waals surface area contributed by atoms with E-state index in [2.05, 4.69) is 4.90 Å². The predicted octanol–water partition coefficient (Wildman–Crippen LogP) is 0.371. The number of hydrogen-bond acceptors (Lipinski definition) is 5. The highest BCUT2D eigenvalue weighted by Crippen LogP contribution is 2.19. The number of nitrogens with zero attached hydrogens (tertiary/aromatic N) is 3. The Morgan fingerprint density at radius 3 is 2.54 bits per heavy atom. The zero-order valence-electron chi connectivity index (χ0n) is 14.9. The van der Waals surface area contributed by atoms with E-state index in [0.29, 0.717) is 19.6 Å². The summed E-state index contributed by atoms with van der Waals surface area (Å²) in [6, 6.07) is -0.117. The maximum absolute atomic E-state index is 12.2. The van der Waals surface area contributed by atoms with Gasteiger partial charge in [-0.1, -0.05) is 0 Å². The number of likely N-dealkylation sites (tertiary alicyclic amines) is 2. The second-order valence-electron chi connectivity index (χ2n) is 6.84. The minimum absolute atomic E-state index is 0.0561. The minimum Gasteiger partial charge on any atom is -0.375 e. The molecular weight excluding hydrogens is 330 g/mol. The Bertz CT molecular complexity index is 505. The van der Waals surface area contributed by atoms with Crippen molar-refractivity contribution in [3.63, 3.8) is 0 Å². The van der Waals surface area contributed by atoms with E-state index >= 15 is 0 Å². The standard InChI is InChI=1S/C16H31N3O4S/c1-23-14-16(20)18-11-5-7-15(13-18)19(24(2,21)22)12-6-10-17-8-3-4-9-17/h15H,3-14H2,1-2H3. The Morgan fingerprint density at radius 2 is 1.92 bits per heavy atom. The van der Waals surface area contributed by atoms with Gasteiger partial charge in [0, 0.05) is 32.8 Å². The zero-order chi connectivity index (χ0) is 17.6. The van der Waals surface area contributed by atoms with Crippen molar-refractivity contribution in [3.05, 3.63) is 0 Å². The van der Waals surface area contributed by atoms with Crippen molar-refractivity contribution in [1.29, 1.82) is 0 Å². The number of methoxy groups -OCH3 is 1. The average Bonchev–Trinajstić information content (AvgIpc) is 3.04. The molecule has 1 atom stereocenters. The van der Waals surface area contributed by atoms with Gasteiger partial charge in [-0.15, -0.1) is 0 Å². The van der Waals surface area contributed by atoms with E-state index in [0.717, 1.165) is 38.9 Å². The first-order valence-corrected chi connectivity index (χ1v) is 10.7. The first-order chi connectivity index (χ1) is 11.4. The third-order valence-corrected chi connectivity index (χ3v) is 6.23. The van der Waals surface area contributed by atoms with Gasteiger partial charge >= 0.3 is 0 Å². The molecule has 0 N–H and O–H groups in total. The van der Waals surface area contributed by atoms with Crippen LogP contribution in [0, 0.1) is 0 Å². The van der Waals surface area contributed by atoms with E-state index in [9.17, 15) is 13.2 Å². The van der Waals surface area contributed by atoms with Crippen molar-refractivity contribution in [2.24, 2.45) is 0 Å². The molecule has 1 unspecified atom stereocenters. The molecule has 0 aromatic heterocycles. The fourth-order valence-electron chi connectivity index (χ4n) is 3.71. The molecule has 2 fully saturated rings. The lowest BCUT2D eigenvalue weighted by molar-refractivity contribution is -0.136. The van der Waals surface area contributed by atoms with E-state index in [1.807, 2.05) is 0 Å². The van der Waals surface area contributed by atoms with Crippen molar-refractivity contribution < 1.29 is 17.9 Å². The fourth-order valence-corrected chi connectivity index (χ4v) is 4.88. The van der Waals surface area contributed by atoms with E-state index in [1.165, 1.54) is 26.2 Å². The number of hydrogen-bond donors (Lipinski definition) is 0. The van der Waals surface area contributed by atoms with Crippen molar-refractivity contribution in [2.45, 2.75) is 38.1 Å². The van der Waals surface area contributed by atoms with Crippen molar-refractivity contribution in [2.75, 3.05) is 59.2 Å². The SMILES string of the molecule is COCC(=O)N1CCCC(N(CCCN2CCCC2)S(C)(=O)=O)C1. The van der Waals surface area contributed by atoms with Gasteiger partial charge in [-0.2, -0.15) is 4.31 Å². The van der Waals surface area contributed by atoms with Gasteiger partial charge in [0.1, 0.15) is 6.61 Å². The predicted molar refractivity (Wildman–Crippen MR) is 93.3 cm³/mol. The van der Waals surface area contributed by atoms with Crippen LogP contribution in [0.3, 0.4) is 0 Å². The molecular formula is C16H31N3O4S. The van der Waals surface area contributed by atoms with E-state index < -0.39 is 10.0 Å². The van der Waals surface area contributed by atoms with Crippen LogP contribution in [-0.2, 0) is 19.6 Å². The number of rotatable bonds is 8. The van der Waals surface area contributed by atoms with E-state index in [-0.39, 0.29) is 18.6 Å². The molecule has 0 saturated carbocycles. The summed E-state index contributed by atoms with van der Waals surface area (Å²) < 4.78 is 31.0. The van der Waals surface area contributed by atoms with Gasteiger partial charge in [-0.25, -0.2) is 8.42 Å². The summed E-state index contributed by atoms with van der Waals surface area (Å²) in [6.45, 7) is 4.95. The van der Waals surface area contributed by atoms with Gasteiger partial charge in [0.05, 0.1) is 6.26 Å². The van der Waals surface area contributed by atoms with Crippen LogP contribution in [0.1, 0.15) is 32.1 Å². The Labute approximate surface area is 146 Å². The van der Waals surface area contributed by atoms with Gasteiger partial charge < -0.3 is 14.5 Å². The van der Waals surface area contributed by atoms with Gasteiger partial charge in [0.15, 0.2) is 0 Å². The summed E-state index contributed by atoms with van der Waals surface area (Å²) in [5.74, 6) is -0.0623. The number of carbonyl (C=O) groups excluding carboxylic acids is 1. The van der Waals surface area contributed by atoms with E-state index in [4.69, 9.17) is 4.74 Å². The van der Waals surface area contributed by atoms with Gasteiger partial charge in [0.2, 0.25) is 15.9 Å². The first kappa shape index (κ1) is 19.6. The second-order valence-corrected chi connectivity index (χ2v) is 8.78. The van der Waals surface area contributed by atoms with Crippen molar-refractivity contribution >= 4 is 15.9 Å². The quantitative estimate of drug-likeness (QED) is 0.625. The van der Waals surface area contributed by atoms with Crippen LogP contribution < -0.4 is 0 Å². The second kappa shape index (κ2) is 9.12. The summed E-state index contributed by atoms with van der Waals surface area (Å²) in [4.78, 5) is 16.2. The molecule has 2 aliphatic rings. The summed E-state index contributed by atoms with van der Waals surface area (Å²) in [7, 11) is -1.78. The van der Waals surface area contributed by atoms with Crippen molar-refractivity contribution in [1.82, 2.24) is 14.1 Å². The lowest BCUT2D eigenvalue weighted by Gasteiger charge is -2.38. The Morgan fingerprint density at radius 1 is 1.21 bits per heavy atom. The third-order valence-electron chi connectivity index (χ3n) is 4.90. The van der Waals surface area contributed by atoms with Crippen LogP contribution in [0.4, 0.5) is 0 Å². The number of sulfonamides is 1. The maximum atomic E-state index is 12.2. The molecule has 0 spiro atoms. The molecule has 24 heavy (non-hydrogen) atoms. The molecule has 0 aromatic rings. The summed E-state index contributed by atoms with van der Waals surface area (Å²) in [5.41, 5.74) is 0. The smallest absolute Gasteiger partial charge is 0.248 e. The summed E-state index contributed by atoms with van der Waals surface area (Å²) in [6.07, 6.45) is 6.25. The van der Waals surface area contributed by atoms with Crippen LogP contribution in [0.2, 0.25) is 0 Å². The molecule has 7 nitrogen and oxygen atoms in total. The molecule has 1 amide bonds. The maximum Gasteiger partial charge on any atom is 0.248 e. The Balaban J connectivity index is 1.92. The fraction of sp³-hybridized carbons (Fsp3) is 0.938. The number of ether oxygens (including phenoxy) is 1. The highest BCUT2D eigenvalue weighted by atomic mass is 32.2. The number of carbonyl (C=O) groups is 1. The van der Waals surface area contributed by atoms with Gasteiger partial charge in [0.25, 0.3) is 0 Å². The molecule has 0 aliphatic carbocycles. The molecule has 0 radical (unpaired) electrons. The highest BCUT2D eigenvalue weighted by molar-refractivity contribution is 7.88. The molecule has 2 heterocycles.